The fraction of sp³-hybridized carbons (Fsp3) is 0.909. The highest BCUT2D eigenvalue weighted by molar-refractivity contribution is 5.76. The van der Waals surface area contributed by atoms with Crippen molar-refractivity contribution in [3.63, 3.8) is 0 Å². The molecule has 1 amide bonds. The van der Waals surface area contributed by atoms with Gasteiger partial charge in [0.2, 0.25) is 5.91 Å². The third-order valence-electron chi connectivity index (χ3n) is 3.26. The molecule has 0 saturated carbocycles. The highest BCUT2D eigenvalue weighted by atomic mass is 16.3. The fourth-order valence-corrected chi connectivity index (χ4v) is 1.82. The van der Waals surface area contributed by atoms with Crippen LogP contribution in [0.2, 0.25) is 0 Å². The van der Waals surface area contributed by atoms with E-state index in [4.69, 9.17) is 0 Å². The number of nitrogens with one attached hydrogen (secondary N) is 1. The molecule has 1 aliphatic rings. The average Bonchev–Trinajstić information content (AvgIpc) is 2.63. The van der Waals surface area contributed by atoms with Gasteiger partial charge in [-0.25, -0.2) is 0 Å². The summed E-state index contributed by atoms with van der Waals surface area (Å²) < 4.78 is 0. The second-order valence-electron chi connectivity index (χ2n) is 4.52. The molecule has 3 atom stereocenters. The highest BCUT2D eigenvalue weighted by Crippen LogP contribution is 2.13. The van der Waals surface area contributed by atoms with Crippen LogP contribution in [0.25, 0.3) is 0 Å². The molecule has 0 aliphatic carbocycles. The van der Waals surface area contributed by atoms with Gasteiger partial charge in [0.25, 0.3) is 0 Å². The molecule has 1 heterocycles. The van der Waals surface area contributed by atoms with Crippen LogP contribution in [0.4, 0.5) is 0 Å². The molecule has 0 aromatic heterocycles. The van der Waals surface area contributed by atoms with Gasteiger partial charge in [-0.3, -0.25) is 4.79 Å². The summed E-state index contributed by atoms with van der Waals surface area (Å²) >= 11 is 0. The van der Waals surface area contributed by atoms with Crippen molar-refractivity contribution in [3.8, 4) is 0 Å². The number of carbonyl (C=O) groups excluding carboxylic acids is 1. The summed E-state index contributed by atoms with van der Waals surface area (Å²) in [6, 6.07) is -0.0541. The Bertz CT molecular complexity index is 221. The zero-order valence-corrected chi connectivity index (χ0v) is 9.86. The maximum atomic E-state index is 11.8. The Hall–Kier alpha value is -0.610. The number of carbonyl (C=O) groups is 1. The molecule has 1 aliphatic heterocycles. The summed E-state index contributed by atoms with van der Waals surface area (Å²) in [5.74, 6) is 0.559. The van der Waals surface area contributed by atoms with Crippen molar-refractivity contribution in [2.24, 2.45) is 5.92 Å². The van der Waals surface area contributed by atoms with Crippen LogP contribution in [0.5, 0.6) is 0 Å². The van der Waals surface area contributed by atoms with Crippen LogP contribution in [-0.2, 0) is 4.79 Å². The van der Waals surface area contributed by atoms with Crippen LogP contribution in [0.3, 0.4) is 0 Å². The molecular formula is C11H22N2O2. The van der Waals surface area contributed by atoms with E-state index in [1.807, 2.05) is 0 Å². The molecule has 1 fully saturated rings. The van der Waals surface area contributed by atoms with E-state index < -0.39 is 6.10 Å². The maximum Gasteiger partial charge on any atom is 0.222 e. The van der Waals surface area contributed by atoms with Gasteiger partial charge in [-0.15, -0.1) is 0 Å². The number of likely N-dealkylation sites (N-methyl/N-ethyl adjacent to an activating group) is 1. The van der Waals surface area contributed by atoms with Gasteiger partial charge in [-0.2, -0.15) is 0 Å². The van der Waals surface area contributed by atoms with Crippen LogP contribution in [0.15, 0.2) is 0 Å². The van der Waals surface area contributed by atoms with E-state index in [9.17, 15) is 9.90 Å². The van der Waals surface area contributed by atoms with Crippen LogP contribution in [-0.4, -0.2) is 48.2 Å². The maximum absolute atomic E-state index is 11.8. The molecule has 4 nitrogen and oxygen atoms in total. The topological polar surface area (TPSA) is 52.6 Å². The lowest BCUT2D eigenvalue weighted by molar-refractivity contribution is -0.134. The zero-order valence-electron chi connectivity index (χ0n) is 9.86. The standard InChI is InChI=1S/C11H22N2O2/c1-4-8(2)5-11(15)13(3)9-6-12-7-10(9)14/h8-10,12,14H,4-7H2,1-3H3/t8?,9-,10-/m0/s1. The second-order valence-corrected chi connectivity index (χ2v) is 4.52. The summed E-state index contributed by atoms with van der Waals surface area (Å²) in [6.07, 6.45) is 1.18. The number of aliphatic hydroxyl groups excluding tert-OH is 1. The first kappa shape index (κ1) is 12.5. The summed E-state index contributed by atoms with van der Waals surface area (Å²) in [5.41, 5.74) is 0. The van der Waals surface area contributed by atoms with Gasteiger partial charge in [0, 0.05) is 26.6 Å². The van der Waals surface area contributed by atoms with E-state index in [1.165, 1.54) is 0 Å². The first-order valence-corrected chi connectivity index (χ1v) is 5.70. The molecule has 0 aromatic rings. The van der Waals surface area contributed by atoms with Crippen molar-refractivity contribution in [1.29, 1.82) is 0 Å². The van der Waals surface area contributed by atoms with Gasteiger partial charge in [0.05, 0.1) is 12.1 Å². The van der Waals surface area contributed by atoms with E-state index >= 15 is 0 Å². The third kappa shape index (κ3) is 3.18. The Morgan fingerprint density at radius 3 is 2.73 bits per heavy atom. The number of β-amino-alcohol motifs (C(OH)–C–C–N with tert-alkyl or cyclic N) is 1. The van der Waals surface area contributed by atoms with E-state index in [0.717, 1.165) is 6.42 Å². The molecule has 15 heavy (non-hydrogen) atoms. The Morgan fingerprint density at radius 2 is 2.27 bits per heavy atom. The predicted molar refractivity (Wildman–Crippen MR) is 59.5 cm³/mol. The number of aliphatic hydroxyl groups is 1. The van der Waals surface area contributed by atoms with Gasteiger partial charge in [0.15, 0.2) is 0 Å². The minimum absolute atomic E-state index is 0.0541. The minimum Gasteiger partial charge on any atom is -0.390 e. The van der Waals surface area contributed by atoms with Gasteiger partial charge < -0.3 is 15.3 Å². The van der Waals surface area contributed by atoms with Gasteiger partial charge in [-0.05, 0) is 5.92 Å². The first-order valence-electron chi connectivity index (χ1n) is 5.70. The number of amides is 1. The van der Waals surface area contributed by atoms with Gasteiger partial charge in [0.1, 0.15) is 0 Å². The monoisotopic (exact) mass is 214 g/mol. The molecule has 2 N–H and O–H groups in total. The average molecular weight is 214 g/mol. The molecule has 1 saturated heterocycles. The zero-order chi connectivity index (χ0) is 11.4. The van der Waals surface area contributed by atoms with E-state index in [2.05, 4.69) is 19.2 Å². The summed E-state index contributed by atoms with van der Waals surface area (Å²) in [5, 5.41) is 12.7. The largest absolute Gasteiger partial charge is 0.390 e. The molecule has 1 rings (SSSR count). The van der Waals surface area contributed by atoms with Crippen molar-refractivity contribution in [1.82, 2.24) is 10.2 Å². The van der Waals surface area contributed by atoms with E-state index in [0.29, 0.717) is 25.4 Å². The summed E-state index contributed by atoms with van der Waals surface area (Å²) in [4.78, 5) is 13.5. The SMILES string of the molecule is CCC(C)CC(=O)N(C)[C@H]1CNC[C@@H]1O. The smallest absolute Gasteiger partial charge is 0.222 e. The number of hydrogen-bond acceptors (Lipinski definition) is 3. The lowest BCUT2D eigenvalue weighted by Gasteiger charge is -2.27. The van der Waals surface area contributed by atoms with Crippen LogP contribution in [0, 0.1) is 5.92 Å². The predicted octanol–water partition coefficient (Wildman–Crippen LogP) is 0.214. The van der Waals surface area contributed by atoms with Crippen molar-refractivity contribution < 1.29 is 9.90 Å². The van der Waals surface area contributed by atoms with E-state index in [1.54, 1.807) is 11.9 Å². The van der Waals surface area contributed by atoms with Gasteiger partial charge >= 0.3 is 0 Å². The van der Waals surface area contributed by atoms with Gasteiger partial charge in [-0.1, -0.05) is 20.3 Å². The molecule has 1 unspecified atom stereocenters. The molecule has 0 spiro atoms. The Morgan fingerprint density at radius 1 is 1.60 bits per heavy atom. The summed E-state index contributed by atoms with van der Waals surface area (Å²) in [6.45, 7) is 5.45. The van der Waals surface area contributed by atoms with Crippen molar-refractivity contribution in [2.45, 2.75) is 38.8 Å². The first-order chi connectivity index (χ1) is 7.06. The lowest BCUT2D eigenvalue weighted by Crippen LogP contribution is -2.44. The molecule has 0 radical (unpaired) electrons. The quantitative estimate of drug-likeness (QED) is 0.703. The molecule has 4 heteroatoms. The van der Waals surface area contributed by atoms with Crippen LogP contribution >= 0.6 is 0 Å². The van der Waals surface area contributed by atoms with E-state index in [-0.39, 0.29) is 11.9 Å². The normalized spacial score (nSPS) is 27.7. The van der Waals surface area contributed by atoms with Crippen molar-refractivity contribution in [2.75, 3.05) is 20.1 Å². The highest BCUT2D eigenvalue weighted by Gasteiger charge is 2.31. The Balaban J connectivity index is 2.45. The summed E-state index contributed by atoms with van der Waals surface area (Å²) in [7, 11) is 1.78. The number of hydrogen-bond donors (Lipinski definition) is 2. The van der Waals surface area contributed by atoms with Crippen LogP contribution in [0.1, 0.15) is 26.7 Å². The fourth-order valence-electron chi connectivity index (χ4n) is 1.82. The Kier molecular flexibility index (Phi) is 4.54. The van der Waals surface area contributed by atoms with Crippen molar-refractivity contribution >= 4 is 5.91 Å². The molecule has 88 valence electrons. The van der Waals surface area contributed by atoms with Crippen LogP contribution < -0.4 is 5.32 Å². The Labute approximate surface area is 91.6 Å². The third-order valence-corrected chi connectivity index (χ3v) is 3.26. The minimum atomic E-state index is -0.420. The number of nitrogens with zero attached hydrogens (tertiary/aromatic N) is 1. The van der Waals surface area contributed by atoms with Crippen molar-refractivity contribution in [3.05, 3.63) is 0 Å². The number of rotatable bonds is 4. The molecular weight excluding hydrogens is 192 g/mol. The lowest BCUT2D eigenvalue weighted by atomic mass is 10.0. The second kappa shape index (κ2) is 5.47. The molecule has 0 bridgehead atoms. The molecule has 0 aromatic carbocycles.